The summed E-state index contributed by atoms with van der Waals surface area (Å²) in [6.45, 7) is 6.66. The van der Waals surface area contributed by atoms with Gasteiger partial charge in [-0.15, -0.1) is 0 Å². The number of aryl methyl sites for hydroxylation is 4. The molecule has 0 N–H and O–H groups in total. The molecule has 0 bridgehead atoms. The molecule has 0 aliphatic carbocycles. The van der Waals surface area contributed by atoms with E-state index < -0.39 is 0 Å². The molecule has 2 aromatic heterocycles. The normalized spacial score (nSPS) is 14.4. The first-order valence-electron chi connectivity index (χ1n) is 15.4. The number of hydrogen-bond acceptors (Lipinski definition) is 8. The van der Waals surface area contributed by atoms with Crippen LogP contribution in [-0.4, -0.2) is 101 Å². The van der Waals surface area contributed by atoms with Crippen molar-refractivity contribution in [3.05, 3.63) is 35.7 Å². The molecule has 3 heterocycles. The smallest absolute Gasteiger partial charge is 0.204 e. The van der Waals surface area contributed by atoms with Crippen molar-refractivity contribution in [2.75, 3.05) is 81.9 Å². The molecule has 0 atom stereocenters. The monoisotopic (exact) mass is 608 g/mol. The third-order valence-corrected chi connectivity index (χ3v) is 9.18. The summed E-state index contributed by atoms with van der Waals surface area (Å²) in [5.41, 5.74) is 4.75. The summed E-state index contributed by atoms with van der Waals surface area (Å²) in [4.78, 5) is 5.20. The highest BCUT2D eigenvalue weighted by Crippen LogP contribution is 2.45. The number of rotatable bonds is 14. The standard InChI is InChI=1S/C34H48N4O6/c1-35-23(19-25-27(35)21-29(39-3)33(43-7)31(25)41-5)11-9-13-37-15-17-38(18-16-37)14-10-12-24-20-26-28(36(24)2)22-30(40-4)34(44-8)32(26)42-6/h19-22H,9-18H2,1-8H3. The molecule has 4 aromatic rings. The molecule has 10 heteroatoms. The summed E-state index contributed by atoms with van der Waals surface area (Å²) in [6.07, 6.45) is 4.24. The maximum Gasteiger partial charge on any atom is 0.204 e. The highest BCUT2D eigenvalue weighted by Gasteiger charge is 2.22. The Labute approximate surface area is 260 Å². The molecule has 10 nitrogen and oxygen atoms in total. The van der Waals surface area contributed by atoms with Crippen LogP contribution in [0.15, 0.2) is 24.3 Å². The average Bonchev–Trinajstić information content (AvgIpc) is 3.54. The van der Waals surface area contributed by atoms with E-state index in [0.717, 1.165) is 98.3 Å². The highest BCUT2D eigenvalue weighted by molar-refractivity contribution is 5.93. The van der Waals surface area contributed by atoms with E-state index in [9.17, 15) is 0 Å². The van der Waals surface area contributed by atoms with E-state index in [1.54, 1.807) is 42.7 Å². The number of benzene rings is 2. The molecule has 5 rings (SSSR count). The van der Waals surface area contributed by atoms with E-state index in [1.165, 1.54) is 11.4 Å². The molecular weight excluding hydrogens is 560 g/mol. The number of fused-ring (bicyclic) bond motifs is 2. The SMILES string of the molecule is COc1cc2c(cc(CCCN3CCN(CCCc4cc5c(OC)c(OC)c(OC)cc5n4C)CC3)n2C)c(OC)c1OC. The van der Waals surface area contributed by atoms with E-state index >= 15 is 0 Å². The second kappa shape index (κ2) is 13.9. The summed E-state index contributed by atoms with van der Waals surface area (Å²) in [5, 5.41) is 2.11. The van der Waals surface area contributed by atoms with Crippen molar-refractivity contribution in [1.82, 2.24) is 18.9 Å². The molecule has 2 aromatic carbocycles. The van der Waals surface area contributed by atoms with Gasteiger partial charge < -0.3 is 47.4 Å². The first-order valence-corrected chi connectivity index (χ1v) is 15.4. The number of hydrogen-bond donors (Lipinski definition) is 0. The van der Waals surface area contributed by atoms with E-state index in [0.29, 0.717) is 23.0 Å². The van der Waals surface area contributed by atoms with Gasteiger partial charge in [0.1, 0.15) is 0 Å². The zero-order chi connectivity index (χ0) is 31.4. The molecule has 1 aliphatic heterocycles. The lowest BCUT2D eigenvalue weighted by Gasteiger charge is -2.34. The average molecular weight is 609 g/mol. The van der Waals surface area contributed by atoms with Crippen LogP contribution in [0.5, 0.6) is 34.5 Å². The Morgan fingerprint density at radius 1 is 0.500 bits per heavy atom. The van der Waals surface area contributed by atoms with Crippen LogP contribution in [0.3, 0.4) is 0 Å². The molecule has 1 saturated heterocycles. The quantitative estimate of drug-likeness (QED) is 0.200. The Kier molecular flexibility index (Phi) is 10.0. The Balaban J connectivity index is 1.11. The lowest BCUT2D eigenvalue weighted by Crippen LogP contribution is -2.46. The van der Waals surface area contributed by atoms with Gasteiger partial charge in [0.15, 0.2) is 23.0 Å². The van der Waals surface area contributed by atoms with Crippen molar-refractivity contribution in [3.8, 4) is 34.5 Å². The first kappa shape index (κ1) is 31.7. The zero-order valence-electron chi connectivity index (χ0n) is 27.6. The van der Waals surface area contributed by atoms with Gasteiger partial charge in [-0.3, -0.25) is 0 Å². The van der Waals surface area contributed by atoms with Gasteiger partial charge >= 0.3 is 0 Å². The molecule has 0 spiro atoms. The van der Waals surface area contributed by atoms with Gasteiger partial charge in [0, 0.05) is 74.6 Å². The minimum absolute atomic E-state index is 0.635. The van der Waals surface area contributed by atoms with Crippen LogP contribution in [0.2, 0.25) is 0 Å². The summed E-state index contributed by atoms with van der Waals surface area (Å²) in [5.74, 6) is 4.08. The fraction of sp³-hybridized carbons (Fsp3) is 0.529. The van der Waals surface area contributed by atoms with Crippen LogP contribution < -0.4 is 28.4 Å². The van der Waals surface area contributed by atoms with Gasteiger partial charge in [-0.05, 0) is 50.9 Å². The Hall–Kier alpha value is -3.76. The molecular formula is C34H48N4O6. The predicted molar refractivity (Wildman–Crippen MR) is 175 cm³/mol. The van der Waals surface area contributed by atoms with Crippen molar-refractivity contribution in [3.63, 3.8) is 0 Å². The largest absolute Gasteiger partial charge is 0.493 e. The second-order valence-corrected chi connectivity index (χ2v) is 11.4. The number of nitrogens with zero attached hydrogens (tertiary/aromatic N) is 4. The number of piperazine rings is 1. The maximum absolute atomic E-state index is 5.72. The van der Waals surface area contributed by atoms with Gasteiger partial charge in [0.05, 0.1) is 53.7 Å². The zero-order valence-corrected chi connectivity index (χ0v) is 27.6. The van der Waals surface area contributed by atoms with Crippen molar-refractivity contribution < 1.29 is 28.4 Å². The summed E-state index contributed by atoms with van der Waals surface area (Å²) in [6, 6.07) is 8.52. The Morgan fingerprint density at radius 3 is 1.18 bits per heavy atom. The van der Waals surface area contributed by atoms with Gasteiger partial charge in [0.2, 0.25) is 11.5 Å². The maximum atomic E-state index is 5.72. The van der Waals surface area contributed by atoms with E-state index in [2.05, 4.69) is 45.2 Å². The van der Waals surface area contributed by atoms with Crippen LogP contribution in [-0.2, 0) is 26.9 Å². The number of methoxy groups -OCH3 is 6. The lowest BCUT2D eigenvalue weighted by atomic mass is 10.1. The van der Waals surface area contributed by atoms with Crippen LogP contribution in [0.1, 0.15) is 24.2 Å². The fourth-order valence-electron chi connectivity index (χ4n) is 6.69. The van der Waals surface area contributed by atoms with Gasteiger partial charge in [-0.2, -0.15) is 0 Å². The minimum atomic E-state index is 0.635. The minimum Gasteiger partial charge on any atom is -0.493 e. The van der Waals surface area contributed by atoms with Crippen molar-refractivity contribution in [1.29, 1.82) is 0 Å². The van der Waals surface area contributed by atoms with Crippen molar-refractivity contribution in [2.45, 2.75) is 25.7 Å². The molecule has 0 radical (unpaired) electrons. The first-order chi connectivity index (χ1) is 21.4. The van der Waals surface area contributed by atoms with Gasteiger partial charge in [0.25, 0.3) is 0 Å². The highest BCUT2D eigenvalue weighted by atomic mass is 16.5. The van der Waals surface area contributed by atoms with Gasteiger partial charge in [-0.1, -0.05) is 0 Å². The predicted octanol–water partition coefficient (Wildman–Crippen LogP) is 4.90. The summed E-state index contributed by atoms with van der Waals surface area (Å²) in [7, 11) is 14.2. The third-order valence-electron chi connectivity index (χ3n) is 9.18. The Bertz CT molecular complexity index is 1470. The van der Waals surface area contributed by atoms with E-state index in [4.69, 9.17) is 28.4 Å². The third kappa shape index (κ3) is 5.97. The van der Waals surface area contributed by atoms with E-state index in [1.807, 2.05) is 12.1 Å². The van der Waals surface area contributed by atoms with Crippen LogP contribution in [0.25, 0.3) is 21.8 Å². The molecule has 0 amide bonds. The molecule has 1 aliphatic rings. The molecule has 0 unspecified atom stereocenters. The Morgan fingerprint density at radius 2 is 0.864 bits per heavy atom. The summed E-state index contributed by atoms with van der Waals surface area (Å²) >= 11 is 0. The molecule has 240 valence electrons. The lowest BCUT2D eigenvalue weighted by molar-refractivity contribution is 0.130. The van der Waals surface area contributed by atoms with Gasteiger partial charge in [-0.25, -0.2) is 0 Å². The summed E-state index contributed by atoms with van der Waals surface area (Å²) < 4.78 is 38.2. The van der Waals surface area contributed by atoms with E-state index in [-0.39, 0.29) is 0 Å². The van der Waals surface area contributed by atoms with Crippen LogP contribution in [0.4, 0.5) is 0 Å². The molecule has 0 saturated carbocycles. The second-order valence-electron chi connectivity index (χ2n) is 11.4. The number of ether oxygens (including phenoxy) is 6. The fourth-order valence-corrected chi connectivity index (χ4v) is 6.69. The van der Waals surface area contributed by atoms with Crippen molar-refractivity contribution >= 4 is 21.8 Å². The molecule has 1 fully saturated rings. The number of aromatic nitrogens is 2. The van der Waals surface area contributed by atoms with Crippen LogP contribution in [0, 0.1) is 0 Å². The van der Waals surface area contributed by atoms with Crippen molar-refractivity contribution in [2.24, 2.45) is 14.1 Å². The topological polar surface area (TPSA) is 71.7 Å². The van der Waals surface area contributed by atoms with Crippen LogP contribution >= 0.6 is 0 Å². The molecule has 44 heavy (non-hydrogen) atoms.